The third-order valence-corrected chi connectivity index (χ3v) is 7.40. The van der Waals surface area contributed by atoms with E-state index in [0.717, 1.165) is 30.8 Å². The van der Waals surface area contributed by atoms with Gasteiger partial charge < -0.3 is 0 Å². The summed E-state index contributed by atoms with van der Waals surface area (Å²) in [6.45, 7) is 7.73. The molecule has 0 atom stereocenters. The lowest BCUT2D eigenvalue weighted by molar-refractivity contribution is 0.246. The minimum atomic E-state index is -3.49. The number of hydrogen-bond donors (Lipinski definition) is 0. The van der Waals surface area contributed by atoms with E-state index in [1.807, 2.05) is 11.6 Å². The highest BCUT2D eigenvalue weighted by Gasteiger charge is 2.31. The Hall–Kier alpha value is -1.37. The van der Waals surface area contributed by atoms with Crippen molar-refractivity contribution in [1.82, 2.24) is 14.1 Å². The third-order valence-electron chi connectivity index (χ3n) is 4.94. The van der Waals surface area contributed by atoms with E-state index in [0.29, 0.717) is 34.5 Å². The summed E-state index contributed by atoms with van der Waals surface area (Å²) >= 11 is 6.10. The van der Waals surface area contributed by atoms with Gasteiger partial charge in [0.2, 0.25) is 10.0 Å². The molecule has 25 heavy (non-hydrogen) atoms. The van der Waals surface area contributed by atoms with Crippen molar-refractivity contribution in [3.63, 3.8) is 0 Å². The molecule has 0 spiro atoms. The van der Waals surface area contributed by atoms with Gasteiger partial charge >= 0.3 is 0 Å². The SMILES string of the molecule is Cc1cc(C)n(CC2CCN(S(=O)(=O)c3cccc(Cl)c3C)CC2)n1. The van der Waals surface area contributed by atoms with Gasteiger partial charge in [0.25, 0.3) is 0 Å². The molecule has 7 heteroatoms. The van der Waals surface area contributed by atoms with Crippen molar-refractivity contribution in [3.05, 3.63) is 46.2 Å². The molecule has 0 unspecified atom stereocenters. The van der Waals surface area contributed by atoms with Gasteiger partial charge in [0, 0.05) is 30.4 Å². The molecule has 1 fully saturated rings. The Labute approximate surface area is 154 Å². The first-order valence-electron chi connectivity index (χ1n) is 8.55. The van der Waals surface area contributed by atoms with E-state index in [4.69, 9.17) is 11.6 Å². The first-order chi connectivity index (χ1) is 11.8. The molecular weight excluding hydrogens is 358 g/mol. The number of hydrogen-bond acceptors (Lipinski definition) is 3. The zero-order valence-corrected chi connectivity index (χ0v) is 16.4. The Morgan fingerprint density at radius 2 is 1.88 bits per heavy atom. The summed E-state index contributed by atoms with van der Waals surface area (Å²) in [6.07, 6.45) is 1.69. The number of sulfonamides is 1. The molecule has 0 saturated carbocycles. The van der Waals surface area contributed by atoms with Crippen LogP contribution in [0.15, 0.2) is 29.2 Å². The van der Waals surface area contributed by atoms with E-state index in [1.54, 1.807) is 29.4 Å². The van der Waals surface area contributed by atoms with Crippen LogP contribution in [0, 0.1) is 26.7 Å². The van der Waals surface area contributed by atoms with E-state index < -0.39 is 10.0 Å². The average molecular weight is 382 g/mol. The highest BCUT2D eigenvalue weighted by atomic mass is 35.5. The quantitative estimate of drug-likeness (QED) is 0.813. The Morgan fingerprint density at radius 1 is 1.20 bits per heavy atom. The van der Waals surface area contributed by atoms with Crippen LogP contribution in [0.3, 0.4) is 0 Å². The second-order valence-electron chi connectivity index (χ2n) is 6.82. The maximum Gasteiger partial charge on any atom is 0.243 e. The van der Waals surface area contributed by atoms with Gasteiger partial charge in [-0.15, -0.1) is 0 Å². The Morgan fingerprint density at radius 3 is 2.48 bits per heavy atom. The summed E-state index contributed by atoms with van der Waals surface area (Å²) in [5.41, 5.74) is 2.80. The molecule has 1 aromatic heterocycles. The largest absolute Gasteiger partial charge is 0.269 e. The Bertz CT molecular complexity index is 868. The highest BCUT2D eigenvalue weighted by Crippen LogP contribution is 2.29. The predicted molar refractivity (Wildman–Crippen MR) is 99.4 cm³/mol. The van der Waals surface area contributed by atoms with Gasteiger partial charge in [-0.25, -0.2) is 8.42 Å². The maximum atomic E-state index is 12.9. The van der Waals surface area contributed by atoms with Crippen LogP contribution in [-0.2, 0) is 16.6 Å². The standard InChI is InChI=1S/C18H24ClN3O2S/c1-13-11-14(2)22(20-13)12-16-7-9-21(10-8-16)25(23,24)18-6-4-5-17(19)15(18)3/h4-6,11,16H,7-10,12H2,1-3H3. The van der Waals surface area contributed by atoms with Crippen LogP contribution in [0.1, 0.15) is 29.8 Å². The van der Waals surface area contributed by atoms with Crippen molar-refractivity contribution in [2.45, 2.75) is 45.1 Å². The van der Waals surface area contributed by atoms with Gasteiger partial charge in [-0.2, -0.15) is 9.40 Å². The third kappa shape index (κ3) is 3.76. The first kappa shape index (κ1) is 18.4. The van der Waals surface area contributed by atoms with Crippen LogP contribution in [0.25, 0.3) is 0 Å². The summed E-state index contributed by atoms with van der Waals surface area (Å²) in [6, 6.07) is 7.12. The number of halogens is 1. The summed E-state index contributed by atoms with van der Waals surface area (Å²) in [7, 11) is -3.49. The lowest BCUT2D eigenvalue weighted by atomic mass is 9.98. The number of benzene rings is 1. The summed E-state index contributed by atoms with van der Waals surface area (Å²) < 4.78 is 29.5. The lowest BCUT2D eigenvalue weighted by Gasteiger charge is -2.31. The Kier molecular flexibility index (Phi) is 5.23. The topological polar surface area (TPSA) is 55.2 Å². The molecule has 0 aliphatic carbocycles. The van der Waals surface area contributed by atoms with Crippen molar-refractivity contribution >= 4 is 21.6 Å². The predicted octanol–water partition coefficient (Wildman–Crippen LogP) is 3.56. The number of aryl methyl sites for hydroxylation is 2. The van der Waals surface area contributed by atoms with E-state index >= 15 is 0 Å². The number of aromatic nitrogens is 2. The average Bonchev–Trinajstić information content (AvgIpc) is 2.88. The van der Waals surface area contributed by atoms with Crippen LogP contribution in [0.5, 0.6) is 0 Å². The zero-order chi connectivity index (χ0) is 18.2. The number of piperidine rings is 1. The van der Waals surface area contributed by atoms with Crippen molar-refractivity contribution in [2.24, 2.45) is 5.92 Å². The fraction of sp³-hybridized carbons (Fsp3) is 0.500. The summed E-state index contributed by atoms with van der Waals surface area (Å²) in [5, 5.41) is 5.00. The molecular formula is C18H24ClN3O2S. The molecule has 5 nitrogen and oxygen atoms in total. The monoisotopic (exact) mass is 381 g/mol. The molecule has 0 bridgehead atoms. The number of nitrogens with zero attached hydrogens (tertiary/aromatic N) is 3. The van der Waals surface area contributed by atoms with Gasteiger partial charge in [-0.3, -0.25) is 4.68 Å². The van der Waals surface area contributed by atoms with Crippen molar-refractivity contribution in [3.8, 4) is 0 Å². The molecule has 2 heterocycles. The van der Waals surface area contributed by atoms with Gasteiger partial charge in [-0.05, 0) is 63.3 Å². The molecule has 1 aromatic carbocycles. The molecule has 2 aromatic rings. The van der Waals surface area contributed by atoms with Crippen LogP contribution >= 0.6 is 11.6 Å². The summed E-state index contributed by atoms with van der Waals surface area (Å²) in [5.74, 6) is 0.449. The molecule has 3 rings (SSSR count). The van der Waals surface area contributed by atoms with E-state index in [-0.39, 0.29) is 0 Å². The van der Waals surface area contributed by atoms with Crippen LogP contribution in [0.2, 0.25) is 5.02 Å². The van der Waals surface area contributed by atoms with Crippen molar-refractivity contribution in [2.75, 3.05) is 13.1 Å². The molecule has 0 N–H and O–H groups in total. The van der Waals surface area contributed by atoms with Gasteiger partial charge in [-0.1, -0.05) is 17.7 Å². The minimum Gasteiger partial charge on any atom is -0.269 e. The van der Waals surface area contributed by atoms with Gasteiger partial charge in [0.05, 0.1) is 10.6 Å². The molecule has 1 saturated heterocycles. The minimum absolute atomic E-state index is 0.317. The molecule has 1 aliphatic rings. The molecule has 0 radical (unpaired) electrons. The lowest BCUT2D eigenvalue weighted by Crippen LogP contribution is -2.39. The fourth-order valence-electron chi connectivity index (χ4n) is 3.44. The van der Waals surface area contributed by atoms with Crippen LogP contribution in [0.4, 0.5) is 0 Å². The fourth-order valence-corrected chi connectivity index (χ4v) is 5.39. The highest BCUT2D eigenvalue weighted by molar-refractivity contribution is 7.89. The summed E-state index contributed by atoms with van der Waals surface area (Å²) in [4.78, 5) is 0.317. The smallest absolute Gasteiger partial charge is 0.243 e. The van der Waals surface area contributed by atoms with E-state index in [1.165, 1.54) is 0 Å². The first-order valence-corrected chi connectivity index (χ1v) is 10.4. The maximum absolute atomic E-state index is 12.9. The second-order valence-corrected chi connectivity index (χ2v) is 9.13. The van der Waals surface area contributed by atoms with Crippen molar-refractivity contribution in [1.29, 1.82) is 0 Å². The second kappa shape index (κ2) is 7.09. The van der Waals surface area contributed by atoms with Crippen LogP contribution in [-0.4, -0.2) is 35.6 Å². The molecule has 136 valence electrons. The Balaban J connectivity index is 1.69. The van der Waals surface area contributed by atoms with Crippen LogP contribution < -0.4 is 0 Å². The molecule has 1 aliphatic heterocycles. The van der Waals surface area contributed by atoms with Gasteiger partial charge in [0.1, 0.15) is 0 Å². The van der Waals surface area contributed by atoms with Gasteiger partial charge in [0.15, 0.2) is 0 Å². The number of rotatable bonds is 4. The van der Waals surface area contributed by atoms with E-state index in [9.17, 15) is 8.42 Å². The normalized spacial score (nSPS) is 17.1. The zero-order valence-electron chi connectivity index (χ0n) is 14.9. The molecule has 0 amide bonds. The van der Waals surface area contributed by atoms with Crippen molar-refractivity contribution < 1.29 is 8.42 Å². The van der Waals surface area contributed by atoms with E-state index in [2.05, 4.69) is 18.1 Å².